The Balaban J connectivity index is 3.04. The molecule has 0 N–H and O–H groups in total. The minimum atomic E-state index is -3.60. The molecule has 0 aliphatic rings. The van der Waals surface area contributed by atoms with Gasteiger partial charge >= 0.3 is 13.6 Å². The van der Waals surface area contributed by atoms with E-state index in [2.05, 4.69) is 0 Å². The fourth-order valence-corrected chi connectivity index (χ4v) is 2.63. The van der Waals surface area contributed by atoms with Crippen molar-refractivity contribution in [1.29, 1.82) is 0 Å². The number of rotatable bonds is 6. The van der Waals surface area contributed by atoms with Gasteiger partial charge in [-0.3, -0.25) is 4.57 Å². The molecule has 0 aromatic heterocycles. The third kappa shape index (κ3) is 4.30. The van der Waals surface area contributed by atoms with Gasteiger partial charge in [-0.1, -0.05) is 32.0 Å². The van der Waals surface area contributed by atoms with Crippen molar-refractivity contribution in [2.45, 2.75) is 13.8 Å². The maximum atomic E-state index is 12.4. The lowest BCUT2D eigenvalue weighted by molar-refractivity contribution is 0.0630. The highest BCUT2D eigenvalue weighted by atomic mass is 31.2. The lowest BCUT2D eigenvalue weighted by Crippen LogP contribution is -2.08. The quantitative estimate of drug-likeness (QED) is 0.454. The molecule has 0 radical (unpaired) electrons. The van der Waals surface area contributed by atoms with Gasteiger partial charge in [0.2, 0.25) is 5.50 Å². The van der Waals surface area contributed by atoms with Crippen molar-refractivity contribution in [1.82, 2.24) is 0 Å². The Morgan fingerprint density at radius 3 is 2.15 bits per heavy atom. The van der Waals surface area contributed by atoms with Gasteiger partial charge in [0, 0.05) is 14.2 Å². The Hall–Kier alpha value is -1.42. The molecular weight excluding hydrogens is 279 g/mol. The highest BCUT2D eigenvalue weighted by Crippen LogP contribution is 2.55. The van der Waals surface area contributed by atoms with E-state index < -0.39 is 13.6 Å². The number of esters is 1. The minimum absolute atomic E-state index is 0.0206. The zero-order valence-corrected chi connectivity index (χ0v) is 12.9. The Labute approximate surface area is 119 Å². The predicted octanol–water partition coefficient (Wildman–Crippen LogP) is 3.83. The van der Waals surface area contributed by atoms with Crippen LogP contribution in [0.5, 0.6) is 0 Å². The van der Waals surface area contributed by atoms with Gasteiger partial charge in [0.25, 0.3) is 0 Å². The van der Waals surface area contributed by atoms with Crippen molar-refractivity contribution in [3.63, 3.8) is 0 Å². The van der Waals surface area contributed by atoms with Crippen molar-refractivity contribution >= 4 is 13.6 Å². The van der Waals surface area contributed by atoms with E-state index in [1.54, 1.807) is 36.4 Å². The van der Waals surface area contributed by atoms with Gasteiger partial charge in [-0.15, -0.1) is 0 Å². The zero-order valence-electron chi connectivity index (χ0n) is 12.0. The third-order valence-electron chi connectivity index (χ3n) is 2.43. The fraction of sp³-hybridized carbons (Fsp3) is 0.357. The molecule has 0 heterocycles. The van der Waals surface area contributed by atoms with Crippen molar-refractivity contribution in [3.05, 3.63) is 47.5 Å². The lowest BCUT2D eigenvalue weighted by Gasteiger charge is -2.17. The summed E-state index contributed by atoms with van der Waals surface area (Å²) in [7, 11) is -1.11. The second kappa shape index (κ2) is 7.39. The van der Waals surface area contributed by atoms with Crippen LogP contribution in [0.1, 0.15) is 24.2 Å². The van der Waals surface area contributed by atoms with Gasteiger partial charge in [-0.05, 0) is 24.1 Å². The molecule has 1 aromatic rings. The summed E-state index contributed by atoms with van der Waals surface area (Å²) in [5, 5.41) is 0. The normalized spacial score (nSPS) is 12.6. The number of hydrogen-bond acceptors (Lipinski definition) is 5. The van der Waals surface area contributed by atoms with E-state index in [0.717, 1.165) is 0 Å². The van der Waals surface area contributed by atoms with Crippen molar-refractivity contribution in [2.75, 3.05) is 14.2 Å². The van der Waals surface area contributed by atoms with Gasteiger partial charge in [-0.2, -0.15) is 0 Å². The SMILES string of the molecule is COP(=O)(OC)/C(=C/C(C)C)OC(=O)c1ccccc1. The Kier molecular flexibility index (Phi) is 6.14. The van der Waals surface area contributed by atoms with E-state index in [1.165, 1.54) is 14.2 Å². The first-order valence-electron chi connectivity index (χ1n) is 6.14. The molecule has 1 aromatic carbocycles. The zero-order chi connectivity index (χ0) is 15.2. The number of allylic oxidation sites excluding steroid dienone is 1. The summed E-state index contributed by atoms with van der Waals surface area (Å²) < 4.78 is 27.3. The highest BCUT2D eigenvalue weighted by molar-refractivity contribution is 7.58. The topological polar surface area (TPSA) is 61.8 Å². The fourth-order valence-electron chi connectivity index (χ4n) is 1.45. The van der Waals surface area contributed by atoms with E-state index in [0.29, 0.717) is 5.56 Å². The summed E-state index contributed by atoms with van der Waals surface area (Å²) in [4.78, 5) is 12.0. The Morgan fingerprint density at radius 1 is 1.15 bits per heavy atom. The first-order chi connectivity index (χ1) is 9.42. The molecule has 0 atom stereocenters. The number of carbonyl (C=O) groups excluding carboxylic acids is 1. The van der Waals surface area contributed by atoms with Crippen molar-refractivity contribution in [2.24, 2.45) is 5.92 Å². The summed E-state index contributed by atoms with van der Waals surface area (Å²) >= 11 is 0. The molecule has 0 fully saturated rings. The van der Waals surface area contributed by atoms with Crippen LogP contribution in [0, 0.1) is 5.92 Å². The van der Waals surface area contributed by atoms with Gasteiger partial charge in [0.15, 0.2) is 0 Å². The number of ether oxygens (including phenoxy) is 1. The van der Waals surface area contributed by atoms with Gasteiger partial charge in [0.05, 0.1) is 5.56 Å². The first kappa shape index (κ1) is 16.6. The van der Waals surface area contributed by atoms with Crippen LogP contribution >= 0.6 is 7.60 Å². The van der Waals surface area contributed by atoms with Crippen LogP contribution in [0.2, 0.25) is 0 Å². The van der Waals surface area contributed by atoms with E-state index in [9.17, 15) is 9.36 Å². The number of benzene rings is 1. The molecule has 0 bridgehead atoms. The van der Waals surface area contributed by atoms with Gasteiger partial charge < -0.3 is 13.8 Å². The van der Waals surface area contributed by atoms with Crippen LogP contribution in [-0.4, -0.2) is 20.2 Å². The standard InChI is InChI=1S/C14H19O5P/c1-11(2)10-13(20(16,17-3)18-4)19-14(15)12-8-6-5-7-9-12/h5-11H,1-4H3/b13-10+. The van der Waals surface area contributed by atoms with E-state index >= 15 is 0 Å². The van der Waals surface area contributed by atoms with Crippen LogP contribution in [0.15, 0.2) is 41.9 Å². The molecule has 1 rings (SSSR count). The Bertz CT molecular complexity index is 514. The summed E-state index contributed by atoms with van der Waals surface area (Å²) in [6.45, 7) is 3.73. The molecule has 20 heavy (non-hydrogen) atoms. The number of carbonyl (C=O) groups is 1. The summed E-state index contributed by atoms with van der Waals surface area (Å²) in [5.41, 5.74) is 0.271. The molecule has 0 aliphatic carbocycles. The lowest BCUT2D eigenvalue weighted by atomic mass is 10.2. The minimum Gasteiger partial charge on any atom is -0.415 e. The smallest absolute Gasteiger partial charge is 0.395 e. The van der Waals surface area contributed by atoms with Gasteiger partial charge in [0.1, 0.15) is 0 Å². The molecule has 6 heteroatoms. The predicted molar refractivity (Wildman–Crippen MR) is 76.4 cm³/mol. The monoisotopic (exact) mass is 298 g/mol. The average molecular weight is 298 g/mol. The molecule has 110 valence electrons. The Morgan fingerprint density at radius 2 is 1.70 bits per heavy atom. The third-order valence-corrected chi connectivity index (χ3v) is 4.17. The summed E-state index contributed by atoms with van der Waals surface area (Å²) in [6.07, 6.45) is 1.55. The molecule has 0 aliphatic heterocycles. The van der Waals surface area contributed by atoms with Gasteiger partial charge in [-0.25, -0.2) is 4.79 Å². The molecule has 5 nitrogen and oxygen atoms in total. The van der Waals surface area contributed by atoms with Crippen LogP contribution in [0.4, 0.5) is 0 Å². The second-order valence-electron chi connectivity index (χ2n) is 4.37. The molecule has 0 amide bonds. The van der Waals surface area contributed by atoms with Crippen molar-refractivity contribution in [3.8, 4) is 0 Å². The molecule has 0 saturated carbocycles. The maximum Gasteiger partial charge on any atom is 0.395 e. The average Bonchev–Trinajstić information content (AvgIpc) is 2.46. The molecule has 0 saturated heterocycles. The molecule has 0 unspecified atom stereocenters. The molecule has 0 spiro atoms. The van der Waals surface area contributed by atoms with Crippen LogP contribution in [0.25, 0.3) is 0 Å². The number of hydrogen-bond donors (Lipinski definition) is 0. The molecular formula is C14H19O5P. The first-order valence-corrected chi connectivity index (χ1v) is 7.68. The summed E-state index contributed by atoms with van der Waals surface area (Å²) in [6, 6.07) is 8.44. The van der Waals surface area contributed by atoms with E-state index in [1.807, 2.05) is 13.8 Å². The summed E-state index contributed by atoms with van der Waals surface area (Å²) in [5.74, 6) is -0.584. The van der Waals surface area contributed by atoms with E-state index in [-0.39, 0.29) is 11.4 Å². The highest BCUT2D eigenvalue weighted by Gasteiger charge is 2.32. The maximum absolute atomic E-state index is 12.4. The largest absolute Gasteiger partial charge is 0.415 e. The van der Waals surface area contributed by atoms with Crippen LogP contribution in [0.3, 0.4) is 0 Å². The van der Waals surface area contributed by atoms with E-state index in [4.69, 9.17) is 13.8 Å². The second-order valence-corrected chi connectivity index (χ2v) is 6.53. The van der Waals surface area contributed by atoms with Crippen LogP contribution in [-0.2, 0) is 18.3 Å². The van der Waals surface area contributed by atoms with Crippen LogP contribution < -0.4 is 0 Å². The van der Waals surface area contributed by atoms with Crippen molar-refractivity contribution < 1.29 is 23.1 Å².